The van der Waals surface area contributed by atoms with Gasteiger partial charge in [-0.25, -0.2) is 19.3 Å². The number of rotatable bonds is 6. The molecule has 1 aromatic carbocycles. The topological polar surface area (TPSA) is 147 Å². The van der Waals surface area contributed by atoms with Crippen LogP contribution in [0.25, 0.3) is 22.6 Å². The zero-order valence-corrected chi connectivity index (χ0v) is 20.1. The molecule has 0 aliphatic carbocycles. The molecule has 4 heterocycles. The van der Waals surface area contributed by atoms with E-state index in [0.717, 1.165) is 24.4 Å². The number of nitrogens with zero attached hydrogens (tertiary/aromatic N) is 5. The quantitative estimate of drug-likeness (QED) is 0.266. The minimum atomic E-state index is -4.52. The Morgan fingerprint density at radius 1 is 1.15 bits per heavy atom. The van der Waals surface area contributed by atoms with Crippen LogP contribution < -0.4 is 10.6 Å². The normalized spacial score (nSPS) is 21.3. The van der Waals surface area contributed by atoms with Gasteiger partial charge in [0.1, 0.15) is 18.0 Å². The van der Waals surface area contributed by atoms with E-state index in [1.165, 1.54) is 36.3 Å². The summed E-state index contributed by atoms with van der Waals surface area (Å²) in [6.07, 6.45) is -6.73. The monoisotopic (exact) mass is 547 g/mol. The summed E-state index contributed by atoms with van der Waals surface area (Å²) >= 11 is 0. The molecule has 5 rings (SSSR count). The van der Waals surface area contributed by atoms with Crippen molar-refractivity contribution in [1.29, 1.82) is 0 Å². The van der Waals surface area contributed by atoms with E-state index in [9.17, 15) is 32.6 Å². The maximum Gasteiger partial charge on any atom is 0.416 e. The lowest BCUT2D eigenvalue weighted by Crippen LogP contribution is -2.41. The largest absolute Gasteiger partial charge is 0.416 e. The molecule has 4 N–H and O–H groups in total. The van der Waals surface area contributed by atoms with E-state index in [1.54, 1.807) is 0 Å². The molecule has 39 heavy (non-hydrogen) atoms. The van der Waals surface area contributed by atoms with Gasteiger partial charge in [-0.1, -0.05) is 12.1 Å². The van der Waals surface area contributed by atoms with Crippen LogP contribution in [0.5, 0.6) is 0 Å². The van der Waals surface area contributed by atoms with Gasteiger partial charge in [-0.2, -0.15) is 13.2 Å². The van der Waals surface area contributed by atoms with Gasteiger partial charge in [0.2, 0.25) is 0 Å². The second-order valence-corrected chi connectivity index (χ2v) is 8.71. The van der Waals surface area contributed by atoms with E-state index in [2.05, 4.69) is 30.6 Å². The number of pyridine rings is 1. The second kappa shape index (κ2) is 10.2. The maximum atomic E-state index is 13.9. The molecule has 4 aromatic rings. The number of carbonyl (C=O) groups excluding carboxylic acids is 1. The molecule has 11 nitrogen and oxygen atoms in total. The van der Waals surface area contributed by atoms with E-state index < -0.39 is 48.0 Å². The number of imidazole rings is 1. The summed E-state index contributed by atoms with van der Waals surface area (Å²) in [7, 11) is 1.35. The molecule has 0 spiro atoms. The highest BCUT2D eigenvalue weighted by Gasteiger charge is 2.47. The first-order valence-electron chi connectivity index (χ1n) is 11.6. The zero-order chi connectivity index (χ0) is 27.9. The first-order valence-corrected chi connectivity index (χ1v) is 11.6. The molecule has 0 saturated carbocycles. The number of carbonyl (C=O) groups is 1. The predicted molar refractivity (Wildman–Crippen MR) is 127 cm³/mol. The van der Waals surface area contributed by atoms with Gasteiger partial charge in [0.25, 0.3) is 5.91 Å². The number of anilines is 1. The predicted octanol–water partition coefficient (Wildman–Crippen LogP) is 2.02. The number of alkyl halides is 3. The Bertz CT molecular complexity index is 1530. The van der Waals surface area contributed by atoms with Crippen molar-refractivity contribution in [2.24, 2.45) is 0 Å². The third-order valence-electron chi connectivity index (χ3n) is 6.12. The molecule has 15 heteroatoms. The highest BCUT2D eigenvalue weighted by atomic mass is 19.4. The summed E-state index contributed by atoms with van der Waals surface area (Å²) in [4.78, 5) is 29.0. The Labute approximate surface area is 217 Å². The van der Waals surface area contributed by atoms with Gasteiger partial charge in [0, 0.05) is 25.4 Å². The average molecular weight is 547 g/mol. The molecular weight excluding hydrogens is 526 g/mol. The zero-order valence-electron chi connectivity index (χ0n) is 20.1. The van der Waals surface area contributed by atoms with Crippen LogP contribution in [0.1, 0.15) is 17.4 Å². The highest BCUT2D eigenvalue weighted by molar-refractivity contribution is 5.85. The van der Waals surface area contributed by atoms with Crippen LogP contribution in [0, 0.1) is 5.82 Å². The fourth-order valence-electron chi connectivity index (χ4n) is 4.18. The van der Waals surface area contributed by atoms with Crippen molar-refractivity contribution in [3.05, 3.63) is 66.0 Å². The van der Waals surface area contributed by atoms with Crippen LogP contribution in [0.2, 0.25) is 0 Å². The Morgan fingerprint density at radius 3 is 2.67 bits per heavy atom. The minimum Gasteiger partial charge on any atom is -0.387 e. The Hall–Kier alpha value is -4.21. The molecule has 1 aliphatic heterocycles. The molecular formula is C24H21F4N7O4. The fourth-order valence-corrected chi connectivity index (χ4v) is 4.18. The Balaban J connectivity index is 1.56. The fraction of sp³-hybridized carbons (Fsp3) is 0.292. The smallest absolute Gasteiger partial charge is 0.387 e. The van der Waals surface area contributed by atoms with Gasteiger partial charge in [-0.05, 0) is 23.8 Å². The van der Waals surface area contributed by atoms with Gasteiger partial charge in [-0.15, -0.1) is 0 Å². The first-order chi connectivity index (χ1) is 18.6. The number of benzene rings is 1. The lowest BCUT2D eigenvalue weighted by Gasteiger charge is -2.17. The van der Waals surface area contributed by atoms with Gasteiger partial charge < -0.3 is 25.6 Å². The number of likely N-dealkylation sites (N-methyl/N-ethyl adjacent to an activating group) is 1. The molecule has 4 atom stereocenters. The lowest BCUT2D eigenvalue weighted by atomic mass is 10.1. The number of fused-ring (bicyclic) bond motifs is 1. The summed E-state index contributed by atoms with van der Waals surface area (Å²) in [5.74, 6) is -1.24. The van der Waals surface area contributed by atoms with Crippen LogP contribution >= 0.6 is 0 Å². The van der Waals surface area contributed by atoms with Gasteiger partial charge in [0.05, 0.1) is 18.1 Å². The van der Waals surface area contributed by atoms with Gasteiger partial charge in [0.15, 0.2) is 35.1 Å². The number of aromatic nitrogens is 5. The van der Waals surface area contributed by atoms with Crippen molar-refractivity contribution in [3.8, 4) is 11.4 Å². The molecule has 204 valence electrons. The van der Waals surface area contributed by atoms with Crippen molar-refractivity contribution < 1.29 is 37.3 Å². The molecule has 1 saturated heterocycles. The molecule has 0 unspecified atom stereocenters. The highest BCUT2D eigenvalue weighted by Crippen LogP contribution is 2.34. The summed E-state index contributed by atoms with van der Waals surface area (Å²) < 4.78 is 60.3. The van der Waals surface area contributed by atoms with Crippen LogP contribution in [0.3, 0.4) is 0 Å². The molecule has 1 aliphatic rings. The van der Waals surface area contributed by atoms with Gasteiger partial charge in [-0.3, -0.25) is 14.3 Å². The maximum absolute atomic E-state index is 13.9. The van der Waals surface area contributed by atoms with Crippen molar-refractivity contribution in [2.45, 2.75) is 37.3 Å². The van der Waals surface area contributed by atoms with Crippen molar-refractivity contribution in [1.82, 2.24) is 29.8 Å². The van der Waals surface area contributed by atoms with Gasteiger partial charge >= 0.3 is 6.18 Å². The van der Waals surface area contributed by atoms with E-state index in [1.807, 2.05) is 0 Å². The standard InChI is InChI=1S/C24H21F4N7O4/c1-29-22(38)18-16(36)17(37)23(39-18)35-10-32-15-20(31-7-11-3-2-4-13(5-11)24(26,27)28)33-19(34-21(15)35)12-6-14(25)9-30-8-12/h2-6,8-10,16-18,23,36-37H,7H2,1H3,(H,29,38)(H,31,33,34)/t16-,17+,18-,23+/m0/s1. The number of hydrogen-bond donors (Lipinski definition) is 4. The number of halogens is 4. The molecule has 3 aromatic heterocycles. The van der Waals surface area contributed by atoms with Crippen LogP contribution in [0.15, 0.2) is 49.1 Å². The van der Waals surface area contributed by atoms with E-state index in [0.29, 0.717) is 5.56 Å². The van der Waals surface area contributed by atoms with Crippen LogP contribution in [-0.2, 0) is 22.3 Å². The SMILES string of the molecule is CNC(=O)[C@H]1O[C@@H](n2cnc3c(NCc4cccc(C(F)(F)F)c4)nc(-c4cncc(F)c4)nc32)[C@H](O)[C@@H]1O. The first kappa shape index (κ1) is 26.4. The molecule has 0 radical (unpaired) electrons. The third-order valence-corrected chi connectivity index (χ3v) is 6.12. The number of nitrogens with one attached hydrogen (secondary N) is 2. The number of aliphatic hydroxyl groups is 2. The Kier molecular flexibility index (Phi) is 6.88. The van der Waals surface area contributed by atoms with Crippen molar-refractivity contribution >= 4 is 22.9 Å². The lowest BCUT2D eigenvalue weighted by molar-refractivity contribution is -0.138. The Morgan fingerprint density at radius 2 is 1.95 bits per heavy atom. The number of hydrogen-bond acceptors (Lipinski definition) is 9. The summed E-state index contributed by atoms with van der Waals surface area (Å²) in [5, 5.41) is 26.3. The number of ether oxygens (including phenoxy) is 1. The summed E-state index contributed by atoms with van der Waals surface area (Å²) in [5.41, 5.74) is -0.116. The molecule has 1 fully saturated rings. The summed E-state index contributed by atoms with van der Waals surface area (Å²) in [6, 6.07) is 5.86. The van der Waals surface area contributed by atoms with E-state index >= 15 is 0 Å². The third kappa shape index (κ3) is 5.10. The van der Waals surface area contributed by atoms with Crippen LogP contribution in [0.4, 0.5) is 23.4 Å². The summed E-state index contributed by atoms with van der Waals surface area (Å²) in [6.45, 7) is -0.0796. The molecule has 0 bridgehead atoms. The van der Waals surface area contributed by atoms with Crippen molar-refractivity contribution in [3.63, 3.8) is 0 Å². The number of amides is 1. The minimum absolute atomic E-state index is 0.0151. The molecule has 1 amide bonds. The van der Waals surface area contributed by atoms with E-state index in [4.69, 9.17) is 4.74 Å². The second-order valence-electron chi connectivity index (χ2n) is 8.71. The van der Waals surface area contributed by atoms with Crippen LogP contribution in [-0.4, -0.2) is 66.0 Å². The number of aliphatic hydroxyl groups excluding tert-OH is 2. The average Bonchev–Trinajstić information content (AvgIpc) is 3.47. The van der Waals surface area contributed by atoms with Crippen molar-refractivity contribution in [2.75, 3.05) is 12.4 Å². The van der Waals surface area contributed by atoms with E-state index in [-0.39, 0.29) is 34.9 Å².